The molecule has 1 aliphatic carbocycles. The van der Waals surface area contributed by atoms with E-state index < -0.39 is 0 Å². The molecule has 1 atom stereocenters. The highest BCUT2D eigenvalue weighted by molar-refractivity contribution is 7.16. The van der Waals surface area contributed by atoms with Crippen LogP contribution in [0.5, 0.6) is 0 Å². The van der Waals surface area contributed by atoms with Crippen molar-refractivity contribution >= 4 is 16.3 Å². The summed E-state index contributed by atoms with van der Waals surface area (Å²) in [6.07, 6.45) is 3.42. The molecular weight excluding hydrogens is 280 g/mol. The maximum absolute atomic E-state index is 4.80. The molecule has 1 aliphatic rings. The Hall–Kier alpha value is -1.75. The van der Waals surface area contributed by atoms with E-state index in [1.807, 2.05) is 4.52 Å². The van der Waals surface area contributed by atoms with Gasteiger partial charge in [-0.05, 0) is 30.4 Å². The summed E-state index contributed by atoms with van der Waals surface area (Å²) in [7, 11) is 0. The second-order valence-corrected chi connectivity index (χ2v) is 7.04. The fourth-order valence-corrected chi connectivity index (χ4v) is 4.06. The number of rotatable bonds is 2. The van der Waals surface area contributed by atoms with Gasteiger partial charge in [0, 0.05) is 11.8 Å². The molecular formula is C16H18N4S. The molecule has 3 aromatic rings. The molecule has 108 valence electrons. The standard InChI is InChI=1S/C16H18N4S/c1-10(2)14-17-18-16-20(14)19-15(21-16)13-8-7-11-5-3-4-6-12(11)9-13/h3-6,10,13H,7-9H2,1-2H3/t13-/m1/s1. The van der Waals surface area contributed by atoms with Crippen molar-refractivity contribution in [3.63, 3.8) is 0 Å². The third kappa shape index (κ3) is 2.16. The molecule has 0 spiro atoms. The minimum atomic E-state index is 0.349. The number of aromatic nitrogens is 4. The molecule has 4 nitrogen and oxygen atoms in total. The number of benzene rings is 1. The second kappa shape index (κ2) is 4.91. The Balaban J connectivity index is 1.68. The van der Waals surface area contributed by atoms with Crippen LogP contribution in [0.25, 0.3) is 4.96 Å². The van der Waals surface area contributed by atoms with Crippen LogP contribution in [0.1, 0.15) is 54.1 Å². The predicted molar refractivity (Wildman–Crippen MR) is 84.0 cm³/mol. The molecule has 0 aliphatic heterocycles. The number of hydrogen-bond donors (Lipinski definition) is 0. The average Bonchev–Trinajstić information content (AvgIpc) is 3.06. The lowest BCUT2D eigenvalue weighted by Gasteiger charge is -2.22. The molecule has 0 N–H and O–H groups in total. The lowest BCUT2D eigenvalue weighted by Crippen LogP contribution is -2.13. The Morgan fingerprint density at radius 2 is 2.00 bits per heavy atom. The summed E-state index contributed by atoms with van der Waals surface area (Å²) in [5, 5.41) is 14.5. The van der Waals surface area contributed by atoms with Gasteiger partial charge in [-0.1, -0.05) is 49.4 Å². The van der Waals surface area contributed by atoms with Crippen LogP contribution in [0, 0.1) is 0 Å². The second-order valence-electron chi connectivity index (χ2n) is 6.06. The van der Waals surface area contributed by atoms with Crippen molar-refractivity contribution in [1.82, 2.24) is 19.8 Å². The van der Waals surface area contributed by atoms with Crippen molar-refractivity contribution in [2.75, 3.05) is 0 Å². The van der Waals surface area contributed by atoms with E-state index >= 15 is 0 Å². The third-order valence-corrected chi connectivity index (χ3v) is 5.30. The Morgan fingerprint density at radius 3 is 2.81 bits per heavy atom. The highest BCUT2D eigenvalue weighted by Crippen LogP contribution is 2.34. The van der Waals surface area contributed by atoms with E-state index in [1.54, 1.807) is 11.3 Å². The largest absolute Gasteiger partial charge is 0.234 e. The Labute approximate surface area is 127 Å². The first kappa shape index (κ1) is 13.0. The smallest absolute Gasteiger partial charge is 0.187 e. The van der Waals surface area contributed by atoms with E-state index in [1.165, 1.54) is 22.6 Å². The van der Waals surface area contributed by atoms with Crippen LogP contribution < -0.4 is 0 Å². The molecule has 0 unspecified atom stereocenters. The topological polar surface area (TPSA) is 43.1 Å². The zero-order valence-electron chi connectivity index (χ0n) is 12.3. The van der Waals surface area contributed by atoms with Crippen molar-refractivity contribution < 1.29 is 0 Å². The van der Waals surface area contributed by atoms with Crippen molar-refractivity contribution in [3.05, 3.63) is 46.2 Å². The first-order valence-electron chi connectivity index (χ1n) is 7.51. The molecule has 0 radical (unpaired) electrons. The minimum Gasteiger partial charge on any atom is -0.187 e. The monoisotopic (exact) mass is 298 g/mol. The quantitative estimate of drug-likeness (QED) is 0.726. The van der Waals surface area contributed by atoms with Crippen LogP contribution in [0.2, 0.25) is 0 Å². The average molecular weight is 298 g/mol. The zero-order chi connectivity index (χ0) is 14.4. The SMILES string of the molecule is CC(C)c1nnc2sc([C@@H]3CCc4ccccc4C3)nn12. The number of hydrogen-bond acceptors (Lipinski definition) is 4. The van der Waals surface area contributed by atoms with Gasteiger partial charge in [0.25, 0.3) is 0 Å². The van der Waals surface area contributed by atoms with Crippen molar-refractivity contribution in [1.29, 1.82) is 0 Å². The molecule has 2 aromatic heterocycles. The molecule has 0 bridgehead atoms. The van der Waals surface area contributed by atoms with Crippen LogP contribution in [0.3, 0.4) is 0 Å². The Morgan fingerprint density at radius 1 is 1.19 bits per heavy atom. The first-order valence-corrected chi connectivity index (χ1v) is 8.33. The number of aryl methyl sites for hydroxylation is 1. The summed E-state index contributed by atoms with van der Waals surface area (Å²) < 4.78 is 1.94. The summed E-state index contributed by atoms with van der Waals surface area (Å²) >= 11 is 1.69. The van der Waals surface area contributed by atoms with Crippen molar-refractivity contribution in [2.24, 2.45) is 0 Å². The van der Waals surface area contributed by atoms with Gasteiger partial charge in [0.15, 0.2) is 5.82 Å². The molecule has 4 rings (SSSR count). The number of fused-ring (bicyclic) bond motifs is 2. The van der Waals surface area contributed by atoms with Crippen LogP contribution in [-0.4, -0.2) is 19.8 Å². The highest BCUT2D eigenvalue weighted by atomic mass is 32.1. The molecule has 0 amide bonds. The van der Waals surface area contributed by atoms with Gasteiger partial charge in [0.05, 0.1) is 0 Å². The molecule has 5 heteroatoms. The first-order chi connectivity index (χ1) is 10.2. The van der Waals surface area contributed by atoms with E-state index in [0.717, 1.165) is 23.6 Å². The molecule has 0 saturated carbocycles. The fourth-order valence-electron chi connectivity index (χ4n) is 3.08. The van der Waals surface area contributed by atoms with Gasteiger partial charge in [-0.15, -0.1) is 10.2 Å². The van der Waals surface area contributed by atoms with Gasteiger partial charge in [0.2, 0.25) is 4.96 Å². The van der Waals surface area contributed by atoms with E-state index in [0.29, 0.717) is 11.8 Å². The maximum Gasteiger partial charge on any atom is 0.234 e. The summed E-state index contributed by atoms with van der Waals surface area (Å²) in [6.45, 7) is 4.26. The molecule has 2 heterocycles. The lowest BCUT2D eigenvalue weighted by atomic mass is 9.84. The summed E-state index contributed by atoms with van der Waals surface area (Å²) in [5.41, 5.74) is 2.98. The minimum absolute atomic E-state index is 0.349. The van der Waals surface area contributed by atoms with E-state index in [-0.39, 0.29) is 0 Å². The van der Waals surface area contributed by atoms with Gasteiger partial charge in [0.1, 0.15) is 5.01 Å². The van der Waals surface area contributed by atoms with E-state index in [4.69, 9.17) is 5.10 Å². The summed E-state index contributed by atoms with van der Waals surface area (Å²) in [5.74, 6) is 1.83. The van der Waals surface area contributed by atoms with Crippen LogP contribution in [-0.2, 0) is 12.8 Å². The van der Waals surface area contributed by atoms with Gasteiger partial charge >= 0.3 is 0 Å². The van der Waals surface area contributed by atoms with Crippen molar-refractivity contribution in [3.8, 4) is 0 Å². The zero-order valence-corrected chi connectivity index (χ0v) is 13.1. The van der Waals surface area contributed by atoms with Gasteiger partial charge in [-0.25, -0.2) is 0 Å². The molecule has 21 heavy (non-hydrogen) atoms. The van der Waals surface area contributed by atoms with Crippen LogP contribution in [0.15, 0.2) is 24.3 Å². The molecule has 1 aromatic carbocycles. The van der Waals surface area contributed by atoms with E-state index in [2.05, 4.69) is 48.3 Å². The van der Waals surface area contributed by atoms with Crippen LogP contribution in [0.4, 0.5) is 0 Å². The predicted octanol–water partition coefficient (Wildman–Crippen LogP) is 3.58. The normalized spacial score (nSPS) is 18.3. The number of nitrogens with zero attached hydrogens (tertiary/aromatic N) is 4. The third-order valence-electron chi connectivity index (χ3n) is 4.24. The van der Waals surface area contributed by atoms with Crippen LogP contribution >= 0.6 is 11.3 Å². The highest BCUT2D eigenvalue weighted by Gasteiger charge is 2.24. The van der Waals surface area contributed by atoms with Gasteiger partial charge in [-0.2, -0.15) is 9.61 Å². The Bertz CT molecular complexity index is 787. The summed E-state index contributed by atoms with van der Waals surface area (Å²) in [6, 6.07) is 8.77. The van der Waals surface area contributed by atoms with Crippen molar-refractivity contribution in [2.45, 2.75) is 44.9 Å². The Kier molecular flexibility index (Phi) is 3.03. The van der Waals surface area contributed by atoms with Gasteiger partial charge in [-0.3, -0.25) is 0 Å². The van der Waals surface area contributed by atoms with Gasteiger partial charge < -0.3 is 0 Å². The fraction of sp³-hybridized carbons (Fsp3) is 0.438. The van der Waals surface area contributed by atoms with E-state index in [9.17, 15) is 0 Å². The molecule has 0 saturated heterocycles. The summed E-state index contributed by atoms with van der Waals surface area (Å²) in [4.78, 5) is 0.924. The lowest BCUT2D eigenvalue weighted by molar-refractivity contribution is 0.571. The maximum atomic E-state index is 4.80. The molecule has 0 fully saturated rings.